The Labute approximate surface area is 136 Å². The maximum Gasteiger partial charge on any atom is 0.242 e. The van der Waals surface area contributed by atoms with E-state index in [0.29, 0.717) is 18.0 Å². The molecule has 0 aliphatic heterocycles. The van der Waals surface area contributed by atoms with Crippen LogP contribution in [-0.4, -0.2) is 32.9 Å². The molecule has 0 atom stereocenters. The van der Waals surface area contributed by atoms with Crippen molar-refractivity contribution in [1.82, 2.24) is 4.31 Å². The molecule has 20 heavy (non-hydrogen) atoms. The highest BCUT2D eigenvalue weighted by Crippen LogP contribution is 2.24. The molecule has 116 valence electrons. The van der Waals surface area contributed by atoms with Crippen LogP contribution in [0.25, 0.3) is 0 Å². The third-order valence-corrected chi connectivity index (χ3v) is 5.73. The van der Waals surface area contributed by atoms with Crippen LogP contribution in [0.4, 0.5) is 0 Å². The fraction of sp³-hybridized carbons (Fsp3) is 0.538. The van der Waals surface area contributed by atoms with Crippen molar-refractivity contribution in [2.24, 2.45) is 11.1 Å². The molecule has 2 N–H and O–H groups in total. The van der Waals surface area contributed by atoms with Crippen molar-refractivity contribution < 1.29 is 8.42 Å². The minimum atomic E-state index is -3.46. The quantitative estimate of drug-likeness (QED) is 0.847. The minimum absolute atomic E-state index is 0. The molecule has 0 bridgehead atoms. The molecule has 0 radical (unpaired) electrons. The second-order valence-corrected chi connectivity index (χ2v) is 8.44. The van der Waals surface area contributed by atoms with Gasteiger partial charge in [0.25, 0.3) is 0 Å². The third kappa shape index (κ3) is 4.70. The molecule has 0 spiro atoms. The van der Waals surface area contributed by atoms with E-state index in [1.807, 2.05) is 20.8 Å². The summed E-state index contributed by atoms with van der Waals surface area (Å²) in [6.45, 7) is 6.60. The lowest BCUT2D eigenvalue weighted by Crippen LogP contribution is -2.39. The maximum atomic E-state index is 12.5. The van der Waals surface area contributed by atoms with Crippen LogP contribution < -0.4 is 5.73 Å². The van der Waals surface area contributed by atoms with Crippen LogP contribution in [0.5, 0.6) is 0 Å². The van der Waals surface area contributed by atoms with Crippen LogP contribution in [-0.2, 0) is 10.0 Å². The van der Waals surface area contributed by atoms with Crippen LogP contribution in [0.15, 0.2) is 27.6 Å². The molecule has 1 aromatic rings. The Morgan fingerprint density at radius 2 is 1.90 bits per heavy atom. The van der Waals surface area contributed by atoms with Gasteiger partial charge >= 0.3 is 0 Å². The first kappa shape index (κ1) is 19.9. The Bertz CT molecular complexity index is 561. The Morgan fingerprint density at radius 1 is 1.35 bits per heavy atom. The first-order valence-electron chi connectivity index (χ1n) is 6.03. The van der Waals surface area contributed by atoms with Gasteiger partial charge in [-0.25, -0.2) is 12.7 Å². The molecule has 1 rings (SSSR count). The zero-order valence-electron chi connectivity index (χ0n) is 12.2. The average Bonchev–Trinajstić information content (AvgIpc) is 2.32. The summed E-state index contributed by atoms with van der Waals surface area (Å²) >= 11 is 3.37. The average molecular weight is 386 g/mol. The largest absolute Gasteiger partial charge is 0.330 e. The van der Waals surface area contributed by atoms with Gasteiger partial charge in [-0.1, -0.05) is 29.8 Å². The minimum Gasteiger partial charge on any atom is -0.330 e. The SMILES string of the molecule is Cc1cc(S(=O)(=O)N(C)CC(C)(C)CN)ccc1Br.Cl. The highest BCUT2D eigenvalue weighted by molar-refractivity contribution is 9.10. The third-order valence-electron chi connectivity index (χ3n) is 3.04. The smallest absolute Gasteiger partial charge is 0.242 e. The lowest BCUT2D eigenvalue weighted by atomic mass is 9.94. The number of sulfonamides is 1. The molecule has 0 saturated heterocycles. The molecular formula is C13H22BrClN2O2S. The van der Waals surface area contributed by atoms with E-state index in [1.54, 1.807) is 25.2 Å². The lowest BCUT2D eigenvalue weighted by Gasteiger charge is -2.28. The Balaban J connectivity index is 0.00000361. The van der Waals surface area contributed by atoms with Crippen molar-refractivity contribution in [2.75, 3.05) is 20.1 Å². The molecule has 0 saturated carbocycles. The molecule has 1 aromatic carbocycles. The predicted octanol–water partition coefficient (Wildman–Crippen LogP) is 2.78. The summed E-state index contributed by atoms with van der Waals surface area (Å²) in [5.41, 5.74) is 6.30. The molecule has 7 heteroatoms. The first-order valence-corrected chi connectivity index (χ1v) is 8.26. The molecule has 0 heterocycles. The topological polar surface area (TPSA) is 63.4 Å². The predicted molar refractivity (Wildman–Crippen MR) is 88.8 cm³/mol. The van der Waals surface area contributed by atoms with Crippen molar-refractivity contribution in [3.05, 3.63) is 28.2 Å². The van der Waals surface area contributed by atoms with E-state index in [4.69, 9.17) is 5.73 Å². The number of nitrogens with two attached hydrogens (primary N) is 1. The molecule has 0 aliphatic carbocycles. The fourth-order valence-electron chi connectivity index (χ4n) is 1.71. The van der Waals surface area contributed by atoms with E-state index in [9.17, 15) is 8.42 Å². The monoisotopic (exact) mass is 384 g/mol. The van der Waals surface area contributed by atoms with E-state index in [0.717, 1.165) is 10.0 Å². The van der Waals surface area contributed by atoms with Crippen LogP contribution in [0.3, 0.4) is 0 Å². The maximum absolute atomic E-state index is 12.5. The van der Waals surface area contributed by atoms with Crippen molar-refractivity contribution in [2.45, 2.75) is 25.7 Å². The van der Waals surface area contributed by atoms with Gasteiger partial charge in [0.15, 0.2) is 0 Å². The van der Waals surface area contributed by atoms with E-state index in [-0.39, 0.29) is 17.8 Å². The first-order chi connectivity index (χ1) is 8.60. The van der Waals surface area contributed by atoms with E-state index in [2.05, 4.69) is 15.9 Å². The Morgan fingerprint density at radius 3 is 2.35 bits per heavy atom. The summed E-state index contributed by atoms with van der Waals surface area (Å²) in [6.07, 6.45) is 0. The van der Waals surface area contributed by atoms with Gasteiger partial charge in [0.1, 0.15) is 0 Å². The lowest BCUT2D eigenvalue weighted by molar-refractivity contribution is 0.292. The molecule has 0 unspecified atom stereocenters. The van der Waals surface area contributed by atoms with Crippen LogP contribution in [0, 0.1) is 12.3 Å². The Hall–Kier alpha value is -0.140. The molecule has 0 aromatic heterocycles. The zero-order chi connectivity index (χ0) is 14.8. The summed E-state index contributed by atoms with van der Waals surface area (Å²) in [5.74, 6) is 0. The molecular weight excluding hydrogens is 364 g/mol. The van der Waals surface area contributed by atoms with Crippen molar-refractivity contribution >= 4 is 38.4 Å². The highest BCUT2D eigenvalue weighted by atomic mass is 79.9. The highest BCUT2D eigenvalue weighted by Gasteiger charge is 2.27. The van der Waals surface area contributed by atoms with E-state index < -0.39 is 10.0 Å². The second-order valence-electron chi connectivity index (χ2n) is 5.54. The van der Waals surface area contributed by atoms with Crippen molar-refractivity contribution in [1.29, 1.82) is 0 Å². The number of nitrogens with zero attached hydrogens (tertiary/aromatic N) is 1. The second kappa shape index (κ2) is 7.22. The van der Waals surface area contributed by atoms with Gasteiger partial charge in [0, 0.05) is 18.1 Å². The van der Waals surface area contributed by atoms with Gasteiger partial charge in [-0.15, -0.1) is 12.4 Å². The van der Waals surface area contributed by atoms with Gasteiger partial charge < -0.3 is 5.73 Å². The fourth-order valence-corrected chi connectivity index (χ4v) is 3.40. The summed E-state index contributed by atoms with van der Waals surface area (Å²) < 4.78 is 27.2. The molecule has 4 nitrogen and oxygen atoms in total. The van der Waals surface area contributed by atoms with Crippen LogP contribution >= 0.6 is 28.3 Å². The number of benzene rings is 1. The van der Waals surface area contributed by atoms with Crippen LogP contribution in [0.2, 0.25) is 0 Å². The number of hydrogen-bond donors (Lipinski definition) is 1. The van der Waals surface area contributed by atoms with E-state index in [1.165, 1.54) is 4.31 Å². The normalized spacial score (nSPS) is 12.3. The number of rotatable bonds is 5. The van der Waals surface area contributed by atoms with Gasteiger partial charge in [-0.05, 0) is 42.6 Å². The molecule has 0 fully saturated rings. The standard InChI is InChI=1S/C13H21BrN2O2S.ClH/c1-10-7-11(5-6-12(10)14)19(17,18)16(4)9-13(2,3)8-15;/h5-7H,8-9,15H2,1-4H3;1H. The van der Waals surface area contributed by atoms with E-state index >= 15 is 0 Å². The molecule has 0 amide bonds. The van der Waals surface area contributed by atoms with Crippen molar-refractivity contribution in [3.8, 4) is 0 Å². The van der Waals surface area contributed by atoms with Gasteiger partial charge in [-0.2, -0.15) is 0 Å². The van der Waals surface area contributed by atoms with Crippen LogP contribution in [0.1, 0.15) is 19.4 Å². The van der Waals surface area contributed by atoms with Crippen molar-refractivity contribution in [3.63, 3.8) is 0 Å². The van der Waals surface area contributed by atoms with Gasteiger partial charge in [0.2, 0.25) is 10.0 Å². The Kier molecular flexibility index (Phi) is 7.17. The number of hydrogen-bond acceptors (Lipinski definition) is 3. The van der Waals surface area contributed by atoms with Gasteiger partial charge in [0.05, 0.1) is 4.90 Å². The number of aryl methyl sites for hydroxylation is 1. The zero-order valence-corrected chi connectivity index (χ0v) is 15.4. The summed E-state index contributed by atoms with van der Waals surface area (Å²) in [7, 11) is -1.88. The van der Waals surface area contributed by atoms with Gasteiger partial charge in [-0.3, -0.25) is 0 Å². The summed E-state index contributed by atoms with van der Waals surface area (Å²) in [6, 6.07) is 5.04. The number of halogens is 2. The molecule has 0 aliphatic rings. The summed E-state index contributed by atoms with van der Waals surface area (Å²) in [5, 5.41) is 0. The summed E-state index contributed by atoms with van der Waals surface area (Å²) in [4.78, 5) is 0.309.